The van der Waals surface area contributed by atoms with Crippen LogP contribution in [0.5, 0.6) is 0 Å². The van der Waals surface area contributed by atoms with Crippen molar-refractivity contribution in [1.29, 1.82) is 0 Å². The first kappa shape index (κ1) is 19.6. The highest BCUT2D eigenvalue weighted by Crippen LogP contribution is 2.18. The lowest BCUT2D eigenvalue weighted by molar-refractivity contribution is -0.113. The minimum Gasteiger partial charge on any atom is -0.325 e. The number of hydrogen-bond acceptors (Lipinski definition) is 5. The van der Waals surface area contributed by atoms with Crippen LogP contribution in [0.25, 0.3) is 0 Å². The number of aromatic amines is 1. The van der Waals surface area contributed by atoms with E-state index in [1.165, 1.54) is 23.4 Å². The first-order valence-electron chi connectivity index (χ1n) is 8.18. The average molecular weight is 378 g/mol. The van der Waals surface area contributed by atoms with Gasteiger partial charge in [-0.2, -0.15) is 11.8 Å². The summed E-state index contributed by atoms with van der Waals surface area (Å²) in [5.41, 5.74) is 2.55. The van der Waals surface area contributed by atoms with Gasteiger partial charge in [0.25, 0.3) is 5.56 Å². The van der Waals surface area contributed by atoms with Gasteiger partial charge in [-0.3, -0.25) is 9.59 Å². The number of H-pyrrole nitrogens is 1. The molecule has 1 amide bonds. The monoisotopic (exact) mass is 377 g/mol. The summed E-state index contributed by atoms with van der Waals surface area (Å²) in [6, 6.07) is 9.34. The molecule has 2 N–H and O–H groups in total. The lowest BCUT2D eigenvalue weighted by atomic mass is 10.0. The fourth-order valence-corrected chi connectivity index (χ4v) is 3.37. The molecule has 0 aliphatic heterocycles. The number of hydrogen-bond donors (Lipinski definition) is 2. The number of thioether (sulfide) groups is 2. The molecule has 0 atom stereocenters. The molecule has 1 aromatic heterocycles. The molecule has 0 fully saturated rings. The zero-order valence-electron chi connectivity index (χ0n) is 14.7. The summed E-state index contributed by atoms with van der Waals surface area (Å²) in [6.45, 7) is 6.32. The number of aromatic nitrogens is 2. The van der Waals surface area contributed by atoms with E-state index in [1.54, 1.807) is 11.8 Å². The summed E-state index contributed by atoms with van der Waals surface area (Å²) in [5, 5.41) is 3.33. The summed E-state index contributed by atoms with van der Waals surface area (Å²) < 4.78 is 0. The number of carbonyl (C=O) groups is 1. The van der Waals surface area contributed by atoms with Gasteiger partial charge < -0.3 is 10.3 Å². The van der Waals surface area contributed by atoms with Crippen molar-refractivity contribution >= 4 is 35.1 Å². The van der Waals surface area contributed by atoms with Crippen molar-refractivity contribution in [2.24, 2.45) is 0 Å². The van der Waals surface area contributed by atoms with E-state index in [-0.39, 0.29) is 17.2 Å². The van der Waals surface area contributed by atoms with Gasteiger partial charge in [-0.1, -0.05) is 44.7 Å². The molecule has 1 aromatic carbocycles. The normalized spacial score (nSPS) is 10.9. The van der Waals surface area contributed by atoms with E-state index < -0.39 is 0 Å². The number of anilines is 1. The van der Waals surface area contributed by atoms with Crippen molar-refractivity contribution in [2.45, 2.75) is 37.6 Å². The van der Waals surface area contributed by atoms with Gasteiger partial charge in [0.15, 0.2) is 5.16 Å². The van der Waals surface area contributed by atoms with Gasteiger partial charge in [0.1, 0.15) is 0 Å². The third-order valence-electron chi connectivity index (χ3n) is 3.43. The molecular weight excluding hydrogens is 354 g/mol. The minimum atomic E-state index is -0.186. The molecule has 0 saturated heterocycles. The number of rotatable bonds is 8. The Morgan fingerprint density at radius 2 is 2.00 bits per heavy atom. The third-order valence-corrected chi connectivity index (χ3v) is 5.21. The Morgan fingerprint density at radius 3 is 2.64 bits per heavy atom. The number of benzene rings is 1. The molecule has 0 unspecified atom stereocenters. The van der Waals surface area contributed by atoms with Gasteiger partial charge in [0, 0.05) is 17.5 Å². The molecule has 2 aromatic rings. The summed E-state index contributed by atoms with van der Waals surface area (Å²) in [5.74, 6) is 2.19. The molecular formula is C18H23N3O2S2. The second-order valence-corrected chi connectivity index (χ2v) is 8.03. The lowest BCUT2D eigenvalue weighted by Crippen LogP contribution is -2.15. The van der Waals surface area contributed by atoms with E-state index in [0.717, 1.165) is 17.1 Å². The number of nitrogens with one attached hydrogen (secondary N) is 2. The van der Waals surface area contributed by atoms with Gasteiger partial charge in [0.2, 0.25) is 5.91 Å². The first-order chi connectivity index (χ1) is 12.0. The van der Waals surface area contributed by atoms with Crippen molar-refractivity contribution in [3.8, 4) is 0 Å². The number of carbonyl (C=O) groups excluding carboxylic acids is 1. The summed E-state index contributed by atoms with van der Waals surface area (Å²) in [4.78, 5) is 30.8. The van der Waals surface area contributed by atoms with Crippen LogP contribution in [-0.2, 0) is 10.5 Å². The Bertz CT molecular complexity index is 758. The fourth-order valence-electron chi connectivity index (χ4n) is 2.11. The number of nitrogens with zero attached hydrogens (tertiary/aromatic N) is 1. The average Bonchev–Trinajstić information content (AvgIpc) is 2.58. The van der Waals surface area contributed by atoms with Crippen LogP contribution in [0.1, 0.15) is 37.9 Å². The van der Waals surface area contributed by atoms with Crippen molar-refractivity contribution < 1.29 is 4.79 Å². The molecule has 0 radical (unpaired) electrons. The van der Waals surface area contributed by atoms with Gasteiger partial charge in [-0.05, 0) is 29.4 Å². The van der Waals surface area contributed by atoms with Crippen molar-refractivity contribution in [3.05, 3.63) is 51.9 Å². The van der Waals surface area contributed by atoms with Gasteiger partial charge in [-0.25, -0.2) is 4.98 Å². The van der Waals surface area contributed by atoms with Crippen LogP contribution in [0.3, 0.4) is 0 Å². The van der Waals surface area contributed by atoms with E-state index >= 15 is 0 Å². The second-order valence-electron chi connectivity index (χ2n) is 5.79. The van der Waals surface area contributed by atoms with Gasteiger partial charge in [0.05, 0.1) is 11.4 Å². The Morgan fingerprint density at radius 1 is 1.28 bits per heavy atom. The van der Waals surface area contributed by atoms with Crippen LogP contribution < -0.4 is 10.9 Å². The Balaban J connectivity index is 1.91. The SMILES string of the molecule is CCSCc1cc(=O)[nH]c(SCC(=O)Nc2ccc(C(C)C)cc2)n1. The van der Waals surface area contributed by atoms with Crippen LogP contribution in [0, 0.1) is 0 Å². The second kappa shape index (κ2) is 9.68. The Kier molecular flexibility index (Phi) is 7.58. The lowest BCUT2D eigenvalue weighted by Gasteiger charge is -2.08. The zero-order valence-corrected chi connectivity index (χ0v) is 16.3. The molecule has 5 nitrogen and oxygen atoms in total. The molecule has 7 heteroatoms. The highest BCUT2D eigenvalue weighted by atomic mass is 32.2. The van der Waals surface area contributed by atoms with Crippen LogP contribution >= 0.6 is 23.5 Å². The zero-order chi connectivity index (χ0) is 18.2. The molecule has 2 rings (SSSR count). The minimum absolute atomic E-state index is 0.127. The maximum Gasteiger partial charge on any atom is 0.251 e. The maximum atomic E-state index is 12.1. The maximum absolute atomic E-state index is 12.1. The van der Waals surface area contributed by atoms with Crippen molar-refractivity contribution in [2.75, 3.05) is 16.8 Å². The fraction of sp³-hybridized carbons (Fsp3) is 0.389. The van der Waals surface area contributed by atoms with Crippen LogP contribution in [0.4, 0.5) is 5.69 Å². The molecule has 0 spiro atoms. The van der Waals surface area contributed by atoms with Crippen LogP contribution in [-0.4, -0.2) is 27.4 Å². The summed E-state index contributed by atoms with van der Waals surface area (Å²) in [7, 11) is 0. The highest BCUT2D eigenvalue weighted by Gasteiger charge is 2.08. The van der Waals surface area contributed by atoms with E-state index in [2.05, 4.69) is 36.1 Å². The molecule has 0 aliphatic rings. The van der Waals surface area contributed by atoms with E-state index in [1.807, 2.05) is 24.3 Å². The molecule has 0 aliphatic carbocycles. The molecule has 0 saturated carbocycles. The Labute approximate surface area is 156 Å². The number of amides is 1. The van der Waals surface area contributed by atoms with Crippen LogP contribution in [0.2, 0.25) is 0 Å². The molecule has 25 heavy (non-hydrogen) atoms. The summed E-state index contributed by atoms with van der Waals surface area (Å²) in [6.07, 6.45) is 0. The van der Waals surface area contributed by atoms with Crippen molar-refractivity contribution in [3.63, 3.8) is 0 Å². The predicted molar refractivity (Wildman–Crippen MR) is 107 cm³/mol. The largest absolute Gasteiger partial charge is 0.325 e. The third kappa shape index (κ3) is 6.59. The van der Waals surface area contributed by atoms with Gasteiger partial charge in [-0.15, -0.1) is 0 Å². The summed E-state index contributed by atoms with van der Waals surface area (Å²) >= 11 is 2.93. The Hall–Kier alpha value is -1.73. The molecule has 134 valence electrons. The highest BCUT2D eigenvalue weighted by molar-refractivity contribution is 7.99. The molecule has 0 bridgehead atoms. The van der Waals surface area contributed by atoms with Gasteiger partial charge >= 0.3 is 0 Å². The smallest absolute Gasteiger partial charge is 0.251 e. The molecule has 1 heterocycles. The van der Waals surface area contributed by atoms with E-state index in [4.69, 9.17) is 0 Å². The first-order valence-corrected chi connectivity index (χ1v) is 10.3. The quantitative estimate of drug-likeness (QED) is 0.539. The van der Waals surface area contributed by atoms with E-state index in [9.17, 15) is 9.59 Å². The predicted octanol–water partition coefficient (Wildman–Crippen LogP) is 3.88. The van der Waals surface area contributed by atoms with E-state index in [0.29, 0.717) is 16.8 Å². The standard InChI is InChI=1S/C18H23N3O2S2/c1-4-24-10-15-9-16(22)21-18(20-15)25-11-17(23)19-14-7-5-13(6-8-14)12(2)3/h5-9,12H,4,10-11H2,1-3H3,(H,19,23)(H,20,21,22). The van der Waals surface area contributed by atoms with Crippen LogP contribution in [0.15, 0.2) is 40.3 Å². The topological polar surface area (TPSA) is 74.8 Å². The van der Waals surface area contributed by atoms with Crippen molar-refractivity contribution in [1.82, 2.24) is 9.97 Å².